The summed E-state index contributed by atoms with van der Waals surface area (Å²) in [7, 11) is 0. The molecule has 0 saturated carbocycles. The van der Waals surface area contributed by atoms with Gasteiger partial charge in [-0.25, -0.2) is 9.69 Å². The van der Waals surface area contributed by atoms with Gasteiger partial charge in [-0.2, -0.15) is 0 Å². The van der Waals surface area contributed by atoms with Crippen molar-refractivity contribution in [3.8, 4) is 0 Å². The Balaban J connectivity index is 1.99. The Labute approximate surface area is 156 Å². The molecule has 1 aliphatic heterocycles. The molecule has 2 aromatic rings. The first-order valence-corrected chi connectivity index (χ1v) is 9.26. The molecule has 1 saturated heterocycles. The third-order valence-corrected chi connectivity index (χ3v) is 5.02. The number of hydrogen-bond acceptors (Lipinski definition) is 4. The molecule has 0 aliphatic carbocycles. The van der Waals surface area contributed by atoms with E-state index in [2.05, 4.69) is 5.32 Å². The fraction of sp³-hybridized carbons (Fsp3) is 0.150. The topological polar surface area (TPSA) is 66.5 Å². The van der Waals surface area contributed by atoms with E-state index in [1.54, 1.807) is 23.9 Å². The number of urea groups is 1. The summed E-state index contributed by atoms with van der Waals surface area (Å²) in [5.74, 6) is -1.31. The summed E-state index contributed by atoms with van der Waals surface area (Å²) in [6.07, 6.45) is 3.47. The first kappa shape index (κ1) is 17.9. The van der Waals surface area contributed by atoms with Gasteiger partial charge in [-0.15, -0.1) is 11.8 Å². The van der Waals surface area contributed by atoms with Crippen molar-refractivity contribution in [3.63, 3.8) is 0 Å². The number of nitrogens with zero attached hydrogens (tertiary/aromatic N) is 1. The zero-order valence-corrected chi connectivity index (χ0v) is 15.5. The quantitative estimate of drug-likeness (QED) is 0.511. The fourth-order valence-corrected chi connectivity index (χ4v) is 3.03. The summed E-state index contributed by atoms with van der Waals surface area (Å²) in [5, 5.41) is 2.24. The van der Waals surface area contributed by atoms with Gasteiger partial charge in [0.1, 0.15) is 5.57 Å². The highest BCUT2D eigenvalue weighted by Crippen LogP contribution is 2.24. The number of benzene rings is 2. The number of barbiturate groups is 1. The molecule has 2 aromatic carbocycles. The van der Waals surface area contributed by atoms with E-state index in [0.717, 1.165) is 26.5 Å². The predicted octanol–water partition coefficient (Wildman–Crippen LogP) is 3.69. The van der Waals surface area contributed by atoms with Crippen LogP contribution in [-0.4, -0.2) is 24.1 Å². The molecule has 26 heavy (non-hydrogen) atoms. The molecule has 0 unspecified atom stereocenters. The molecule has 0 atom stereocenters. The van der Waals surface area contributed by atoms with E-state index in [4.69, 9.17) is 0 Å². The van der Waals surface area contributed by atoms with Crippen molar-refractivity contribution in [2.24, 2.45) is 0 Å². The molecular weight excluding hydrogens is 348 g/mol. The zero-order chi connectivity index (χ0) is 18.8. The summed E-state index contributed by atoms with van der Waals surface area (Å²) < 4.78 is 0. The Hall–Kier alpha value is -2.86. The van der Waals surface area contributed by atoms with Crippen LogP contribution in [0.3, 0.4) is 0 Å². The number of imide groups is 2. The molecule has 5 nitrogen and oxygen atoms in total. The molecule has 1 heterocycles. The minimum Gasteiger partial charge on any atom is -0.273 e. The van der Waals surface area contributed by atoms with E-state index in [-0.39, 0.29) is 5.57 Å². The van der Waals surface area contributed by atoms with E-state index in [0.29, 0.717) is 5.69 Å². The van der Waals surface area contributed by atoms with Gasteiger partial charge in [0.15, 0.2) is 0 Å². The van der Waals surface area contributed by atoms with Crippen LogP contribution in [0.15, 0.2) is 52.9 Å². The lowest BCUT2D eigenvalue weighted by atomic mass is 10.1. The molecule has 0 spiro atoms. The first-order valence-electron chi connectivity index (χ1n) is 8.03. The fourth-order valence-electron chi connectivity index (χ4n) is 2.62. The average molecular weight is 366 g/mol. The smallest absolute Gasteiger partial charge is 0.273 e. The maximum Gasteiger partial charge on any atom is 0.335 e. The lowest BCUT2D eigenvalue weighted by Gasteiger charge is -2.26. The number of aryl methyl sites for hydroxylation is 2. The molecular formula is C20H18N2O3S. The molecule has 4 amide bonds. The van der Waals surface area contributed by atoms with Gasteiger partial charge < -0.3 is 0 Å². The van der Waals surface area contributed by atoms with Crippen LogP contribution in [0, 0.1) is 13.8 Å². The lowest BCUT2D eigenvalue weighted by Crippen LogP contribution is -2.54. The molecule has 1 N–H and O–H groups in total. The molecule has 0 bridgehead atoms. The largest absolute Gasteiger partial charge is 0.335 e. The lowest BCUT2D eigenvalue weighted by molar-refractivity contribution is -0.122. The number of carbonyl (C=O) groups excluding carboxylic acids is 3. The predicted molar refractivity (Wildman–Crippen MR) is 103 cm³/mol. The summed E-state index contributed by atoms with van der Waals surface area (Å²) in [6.45, 7) is 3.85. The van der Waals surface area contributed by atoms with Gasteiger partial charge in [0.2, 0.25) is 0 Å². The van der Waals surface area contributed by atoms with Crippen LogP contribution < -0.4 is 10.2 Å². The van der Waals surface area contributed by atoms with Crippen molar-refractivity contribution in [2.75, 3.05) is 11.2 Å². The van der Waals surface area contributed by atoms with Crippen molar-refractivity contribution in [1.82, 2.24) is 5.32 Å². The van der Waals surface area contributed by atoms with Gasteiger partial charge >= 0.3 is 6.03 Å². The number of nitrogens with one attached hydrogen (secondary N) is 1. The molecule has 0 radical (unpaired) electrons. The number of thioether (sulfide) groups is 1. The highest BCUT2D eigenvalue weighted by molar-refractivity contribution is 7.98. The van der Waals surface area contributed by atoms with E-state index in [1.165, 1.54) is 6.08 Å². The number of rotatable bonds is 3. The van der Waals surface area contributed by atoms with Crippen molar-refractivity contribution in [3.05, 3.63) is 64.7 Å². The Morgan fingerprint density at radius 3 is 2.27 bits per heavy atom. The van der Waals surface area contributed by atoms with Crippen LogP contribution in [0.1, 0.15) is 16.7 Å². The highest BCUT2D eigenvalue weighted by Gasteiger charge is 2.36. The third kappa shape index (κ3) is 3.41. The SMILES string of the molecule is CSc1ccc(C=C2C(=O)NC(=O)N(c3ccc(C)c(C)c3)C2=O)cc1. The summed E-state index contributed by atoms with van der Waals surface area (Å²) >= 11 is 1.61. The number of hydrogen-bond donors (Lipinski definition) is 1. The van der Waals surface area contributed by atoms with E-state index in [9.17, 15) is 14.4 Å². The van der Waals surface area contributed by atoms with Crippen molar-refractivity contribution in [1.29, 1.82) is 0 Å². The van der Waals surface area contributed by atoms with Crippen molar-refractivity contribution >= 4 is 41.4 Å². The summed E-state index contributed by atoms with van der Waals surface area (Å²) in [4.78, 5) is 39.3. The average Bonchev–Trinajstić information content (AvgIpc) is 2.62. The second-order valence-corrected chi connectivity index (χ2v) is 6.88. The number of amides is 4. The van der Waals surface area contributed by atoms with E-state index in [1.807, 2.05) is 50.4 Å². The van der Waals surface area contributed by atoms with Crippen LogP contribution in [0.4, 0.5) is 10.5 Å². The minimum atomic E-state index is -0.738. The van der Waals surface area contributed by atoms with E-state index >= 15 is 0 Å². The Morgan fingerprint density at radius 1 is 0.962 bits per heavy atom. The van der Waals surface area contributed by atoms with Gasteiger partial charge in [-0.3, -0.25) is 14.9 Å². The Kier molecular flexibility index (Phi) is 4.95. The highest BCUT2D eigenvalue weighted by atomic mass is 32.2. The number of carbonyl (C=O) groups is 3. The van der Waals surface area contributed by atoms with Crippen LogP contribution >= 0.6 is 11.8 Å². The van der Waals surface area contributed by atoms with Crippen LogP contribution in [0.25, 0.3) is 6.08 Å². The van der Waals surface area contributed by atoms with Crippen molar-refractivity contribution < 1.29 is 14.4 Å². The van der Waals surface area contributed by atoms with Gasteiger partial charge in [0.05, 0.1) is 5.69 Å². The van der Waals surface area contributed by atoms with Crippen LogP contribution in [0.5, 0.6) is 0 Å². The number of anilines is 1. The molecule has 132 valence electrons. The van der Waals surface area contributed by atoms with Crippen molar-refractivity contribution in [2.45, 2.75) is 18.7 Å². The Morgan fingerprint density at radius 2 is 1.65 bits per heavy atom. The molecule has 6 heteroatoms. The van der Waals surface area contributed by atoms with Crippen LogP contribution in [0.2, 0.25) is 0 Å². The standard InChI is InChI=1S/C20H18N2O3S/c1-12-4-7-15(10-13(12)2)22-19(24)17(18(23)21-20(22)25)11-14-5-8-16(26-3)9-6-14/h4-11H,1-3H3,(H,21,23,25). The normalized spacial score (nSPS) is 16.2. The minimum absolute atomic E-state index is 0.0697. The van der Waals surface area contributed by atoms with E-state index < -0.39 is 17.8 Å². The third-order valence-electron chi connectivity index (χ3n) is 4.28. The van der Waals surface area contributed by atoms with Gasteiger partial charge in [-0.1, -0.05) is 18.2 Å². The molecule has 3 rings (SSSR count). The summed E-state index contributed by atoms with van der Waals surface area (Å²) in [6, 6.07) is 12.0. The first-order chi connectivity index (χ1) is 12.4. The second-order valence-electron chi connectivity index (χ2n) is 6.00. The van der Waals surface area contributed by atoms with Gasteiger partial charge in [0, 0.05) is 4.90 Å². The van der Waals surface area contributed by atoms with Gasteiger partial charge in [0.25, 0.3) is 11.8 Å². The zero-order valence-electron chi connectivity index (χ0n) is 14.7. The molecule has 0 aromatic heterocycles. The molecule has 1 aliphatic rings. The molecule has 1 fully saturated rings. The maximum atomic E-state index is 12.8. The summed E-state index contributed by atoms with van der Waals surface area (Å²) in [5.41, 5.74) is 3.10. The van der Waals surface area contributed by atoms with Crippen LogP contribution in [-0.2, 0) is 9.59 Å². The maximum absolute atomic E-state index is 12.8. The Bertz CT molecular complexity index is 933. The van der Waals surface area contributed by atoms with Gasteiger partial charge in [-0.05, 0) is 67.1 Å². The monoisotopic (exact) mass is 366 g/mol. The second kappa shape index (κ2) is 7.17.